The highest BCUT2D eigenvalue weighted by Gasteiger charge is 2.18. The van der Waals surface area contributed by atoms with E-state index in [0.29, 0.717) is 22.9 Å². The largest absolute Gasteiger partial charge is 0.493 e. The van der Waals surface area contributed by atoms with Gasteiger partial charge in [0.2, 0.25) is 0 Å². The molecule has 0 radical (unpaired) electrons. The fourth-order valence-corrected chi connectivity index (χ4v) is 3.90. The van der Waals surface area contributed by atoms with Crippen molar-refractivity contribution in [2.75, 3.05) is 20.8 Å². The number of hydrogen-bond donors (Lipinski definition) is 1. The Morgan fingerprint density at radius 1 is 1.11 bits per heavy atom. The second-order valence-corrected chi connectivity index (χ2v) is 7.52. The molecule has 1 heterocycles. The maximum Gasteiger partial charge on any atom is 0.263 e. The van der Waals surface area contributed by atoms with Gasteiger partial charge in [-0.2, -0.15) is 0 Å². The van der Waals surface area contributed by atoms with Crippen molar-refractivity contribution in [3.8, 4) is 22.1 Å². The van der Waals surface area contributed by atoms with Crippen LogP contribution in [0.3, 0.4) is 0 Å². The van der Waals surface area contributed by atoms with E-state index in [-0.39, 0.29) is 11.8 Å². The van der Waals surface area contributed by atoms with Crippen LogP contribution in [0.1, 0.15) is 33.8 Å². The first kappa shape index (κ1) is 19.9. The number of carbonyl (C=O) groups is 1. The Hall–Kier alpha value is -2.86. The molecule has 1 N–H and O–H groups in total. The van der Waals surface area contributed by atoms with Crippen molar-refractivity contribution in [1.29, 1.82) is 0 Å². The lowest BCUT2D eigenvalue weighted by Crippen LogP contribution is -2.27. The molecule has 0 unspecified atom stereocenters. The second-order valence-electron chi connectivity index (χ2n) is 6.53. The average molecular weight is 397 g/mol. The predicted molar refractivity (Wildman–Crippen MR) is 113 cm³/mol. The normalized spacial score (nSPS) is 11.7. The number of benzene rings is 2. The summed E-state index contributed by atoms with van der Waals surface area (Å²) in [4.78, 5) is 17.9. The zero-order valence-electron chi connectivity index (χ0n) is 16.5. The summed E-state index contributed by atoms with van der Waals surface area (Å²) in [6.45, 7) is 4.53. The van der Waals surface area contributed by atoms with Gasteiger partial charge in [-0.3, -0.25) is 4.79 Å². The van der Waals surface area contributed by atoms with Gasteiger partial charge in [0.15, 0.2) is 11.5 Å². The number of nitrogens with zero attached hydrogens (tertiary/aromatic N) is 1. The topological polar surface area (TPSA) is 60.5 Å². The predicted octanol–water partition coefficient (Wildman–Crippen LogP) is 4.67. The molecule has 0 spiro atoms. The minimum atomic E-state index is -0.0930. The van der Waals surface area contributed by atoms with Crippen LogP contribution < -0.4 is 14.8 Å². The Balaban J connectivity index is 1.74. The maximum absolute atomic E-state index is 12.7. The standard InChI is InChI=1S/C22H24N2O3S/c1-14(16-8-6-5-7-9-16)13-23-21(25)20-15(2)24-22(28-20)17-10-11-18(26-3)19(12-17)27-4/h5-12,14H,13H2,1-4H3,(H,23,25)/t14-/m0/s1. The third-order valence-electron chi connectivity index (χ3n) is 4.57. The monoisotopic (exact) mass is 396 g/mol. The minimum absolute atomic E-state index is 0.0930. The molecule has 6 heteroatoms. The highest BCUT2D eigenvalue weighted by atomic mass is 32.1. The van der Waals surface area contributed by atoms with Crippen molar-refractivity contribution in [1.82, 2.24) is 10.3 Å². The van der Waals surface area contributed by atoms with E-state index in [4.69, 9.17) is 9.47 Å². The minimum Gasteiger partial charge on any atom is -0.493 e. The van der Waals surface area contributed by atoms with Gasteiger partial charge in [-0.05, 0) is 36.6 Å². The van der Waals surface area contributed by atoms with Crippen LogP contribution in [0.25, 0.3) is 10.6 Å². The van der Waals surface area contributed by atoms with E-state index in [9.17, 15) is 4.79 Å². The van der Waals surface area contributed by atoms with E-state index in [1.807, 2.05) is 43.3 Å². The number of nitrogens with one attached hydrogen (secondary N) is 1. The molecule has 146 valence electrons. The van der Waals surface area contributed by atoms with Gasteiger partial charge < -0.3 is 14.8 Å². The maximum atomic E-state index is 12.7. The van der Waals surface area contributed by atoms with Gasteiger partial charge in [-0.1, -0.05) is 37.3 Å². The smallest absolute Gasteiger partial charge is 0.263 e. The molecule has 5 nitrogen and oxygen atoms in total. The molecule has 3 rings (SSSR count). The van der Waals surface area contributed by atoms with Gasteiger partial charge in [-0.25, -0.2) is 4.98 Å². The van der Waals surface area contributed by atoms with Crippen molar-refractivity contribution in [3.63, 3.8) is 0 Å². The average Bonchev–Trinajstić information content (AvgIpc) is 3.13. The van der Waals surface area contributed by atoms with Crippen LogP contribution in [0.5, 0.6) is 11.5 Å². The van der Waals surface area contributed by atoms with Crippen LogP contribution >= 0.6 is 11.3 Å². The van der Waals surface area contributed by atoms with Gasteiger partial charge in [0, 0.05) is 12.1 Å². The molecule has 0 saturated heterocycles. The van der Waals surface area contributed by atoms with Crippen LogP contribution in [-0.4, -0.2) is 31.7 Å². The quantitative estimate of drug-likeness (QED) is 0.630. The summed E-state index contributed by atoms with van der Waals surface area (Å²) in [5.74, 6) is 1.44. The lowest BCUT2D eigenvalue weighted by Gasteiger charge is -2.12. The summed E-state index contributed by atoms with van der Waals surface area (Å²) in [6, 6.07) is 15.8. The van der Waals surface area contributed by atoms with Crippen LogP contribution in [0.15, 0.2) is 48.5 Å². The number of aryl methyl sites for hydroxylation is 1. The molecule has 1 aromatic heterocycles. The van der Waals surface area contributed by atoms with Gasteiger partial charge in [0.25, 0.3) is 5.91 Å². The summed E-state index contributed by atoms with van der Waals surface area (Å²) < 4.78 is 10.6. The van der Waals surface area contributed by atoms with E-state index in [1.54, 1.807) is 14.2 Å². The summed E-state index contributed by atoms with van der Waals surface area (Å²) in [6.07, 6.45) is 0. The number of methoxy groups -OCH3 is 2. The first-order valence-electron chi connectivity index (χ1n) is 9.06. The summed E-state index contributed by atoms with van der Waals surface area (Å²) >= 11 is 1.38. The van der Waals surface area contributed by atoms with E-state index < -0.39 is 0 Å². The van der Waals surface area contributed by atoms with Gasteiger partial charge >= 0.3 is 0 Å². The lowest BCUT2D eigenvalue weighted by atomic mass is 10.0. The number of amides is 1. The van der Waals surface area contributed by atoms with Crippen LogP contribution in [0.4, 0.5) is 0 Å². The van der Waals surface area contributed by atoms with Crippen molar-refractivity contribution < 1.29 is 14.3 Å². The Labute approximate surface area is 169 Å². The number of ether oxygens (including phenoxy) is 2. The summed E-state index contributed by atoms with van der Waals surface area (Å²) in [5, 5.41) is 3.81. The molecule has 0 aliphatic rings. The molecular weight excluding hydrogens is 372 g/mol. The molecule has 0 fully saturated rings. The number of aromatic nitrogens is 1. The Morgan fingerprint density at radius 3 is 2.50 bits per heavy atom. The lowest BCUT2D eigenvalue weighted by molar-refractivity contribution is 0.0955. The van der Waals surface area contributed by atoms with Gasteiger partial charge in [0.1, 0.15) is 9.88 Å². The number of hydrogen-bond acceptors (Lipinski definition) is 5. The third-order valence-corrected chi connectivity index (χ3v) is 5.78. The third kappa shape index (κ3) is 4.34. The number of rotatable bonds is 7. The van der Waals surface area contributed by atoms with E-state index in [1.165, 1.54) is 16.9 Å². The molecule has 0 aliphatic carbocycles. The Morgan fingerprint density at radius 2 is 1.82 bits per heavy atom. The first-order valence-corrected chi connectivity index (χ1v) is 9.88. The van der Waals surface area contributed by atoms with Crippen LogP contribution in [-0.2, 0) is 0 Å². The van der Waals surface area contributed by atoms with Crippen molar-refractivity contribution >= 4 is 17.2 Å². The van der Waals surface area contributed by atoms with Crippen molar-refractivity contribution in [2.24, 2.45) is 0 Å². The van der Waals surface area contributed by atoms with Crippen molar-refractivity contribution in [2.45, 2.75) is 19.8 Å². The Kier molecular flexibility index (Phi) is 6.31. The van der Waals surface area contributed by atoms with Gasteiger partial charge in [0.05, 0.1) is 19.9 Å². The van der Waals surface area contributed by atoms with E-state index >= 15 is 0 Å². The molecule has 2 aromatic carbocycles. The molecule has 3 aromatic rings. The summed E-state index contributed by atoms with van der Waals surface area (Å²) in [7, 11) is 3.20. The van der Waals surface area contributed by atoms with E-state index in [0.717, 1.165) is 16.3 Å². The molecule has 1 atom stereocenters. The molecule has 0 saturated carbocycles. The molecule has 0 bridgehead atoms. The molecule has 0 aliphatic heterocycles. The van der Waals surface area contributed by atoms with Crippen LogP contribution in [0, 0.1) is 6.92 Å². The fraction of sp³-hybridized carbons (Fsp3) is 0.273. The SMILES string of the molecule is COc1ccc(-c2nc(C)c(C(=O)NC[C@H](C)c3ccccc3)s2)cc1OC. The van der Waals surface area contributed by atoms with Crippen molar-refractivity contribution in [3.05, 3.63) is 64.7 Å². The fourth-order valence-electron chi connectivity index (χ4n) is 2.93. The number of thiazole rings is 1. The van der Waals surface area contributed by atoms with E-state index in [2.05, 4.69) is 29.4 Å². The van der Waals surface area contributed by atoms with Crippen LogP contribution in [0.2, 0.25) is 0 Å². The number of carbonyl (C=O) groups excluding carboxylic acids is 1. The second kappa shape index (κ2) is 8.89. The zero-order valence-corrected chi connectivity index (χ0v) is 17.3. The zero-order chi connectivity index (χ0) is 20.1. The summed E-state index contributed by atoms with van der Waals surface area (Å²) in [5.41, 5.74) is 2.82. The highest BCUT2D eigenvalue weighted by molar-refractivity contribution is 7.17. The molecular formula is C22H24N2O3S. The molecule has 1 amide bonds. The highest BCUT2D eigenvalue weighted by Crippen LogP contribution is 2.35. The first-order chi connectivity index (χ1) is 13.5. The van der Waals surface area contributed by atoms with Gasteiger partial charge in [-0.15, -0.1) is 11.3 Å². The molecule has 28 heavy (non-hydrogen) atoms. The Bertz CT molecular complexity index is 954.